The third kappa shape index (κ3) is 4.01. The van der Waals surface area contributed by atoms with Crippen LogP contribution in [0.25, 0.3) is 0 Å². The van der Waals surface area contributed by atoms with Gasteiger partial charge in [0.15, 0.2) is 6.10 Å². The molecule has 0 radical (unpaired) electrons. The van der Waals surface area contributed by atoms with Crippen molar-refractivity contribution in [2.75, 3.05) is 0 Å². The van der Waals surface area contributed by atoms with Crippen LogP contribution in [0.2, 0.25) is 5.02 Å². The Kier molecular flexibility index (Phi) is 4.99. The highest BCUT2D eigenvalue weighted by molar-refractivity contribution is 6.66. The summed E-state index contributed by atoms with van der Waals surface area (Å²) in [5, 5.41) is 6.89. The lowest BCUT2D eigenvalue weighted by Gasteiger charge is -2.15. The van der Waals surface area contributed by atoms with Crippen LogP contribution in [0.5, 0.6) is 0 Å². The maximum Gasteiger partial charge on any atom is 0.303 e. The first kappa shape index (κ1) is 16.4. The molecule has 0 aromatic carbocycles. The van der Waals surface area contributed by atoms with Crippen molar-refractivity contribution in [2.45, 2.75) is 16.8 Å². The largest absolute Gasteiger partial charge is 0.449 e. The van der Waals surface area contributed by atoms with Gasteiger partial charge in [-0.25, -0.2) is 0 Å². The van der Waals surface area contributed by atoms with Gasteiger partial charge in [0.1, 0.15) is 11.4 Å². The first-order valence-corrected chi connectivity index (χ1v) is 7.20. The zero-order valence-electron chi connectivity index (χ0n) is 10.6. The normalized spacial score (nSPS) is 13.0. The molecule has 0 amide bonds. The molecule has 9 heteroatoms. The van der Waals surface area contributed by atoms with Crippen molar-refractivity contribution < 1.29 is 9.53 Å². The maximum absolute atomic E-state index is 11.3. The summed E-state index contributed by atoms with van der Waals surface area (Å²) >= 11 is 23.4. The molecule has 21 heavy (non-hydrogen) atoms. The Morgan fingerprint density at radius 1 is 1.43 bits per heavy atom. The molecule has 112 valence electrons. The lowest BCUT2D eigenvalue weighted by molar-refractivity contribution is -0.145. The summed E-state index contributed by atoms with van der Waals surface area (Å²) in [5.74, 6) is -0.508. The topological polar surface area (TPSA) is 67.9 Å². The van der Waals surface area contributed by atoms with Crippen molar-refractivity contribution in [1.82, 2.24) is 15.2 Å². The molecule has 2 rings (SSSR count). The van der Waals surface area contributed by atoms with Crippen LogP contribution in [-0.2, 0) is 13.3 Å². The molecule has 5 nitrogen and oxygen atoms in total. The summed E-state index contributed by atoms with van der Waals surface area (Å²) in [7, 11) is 0. The molecule has 2 aromatic heterocycles. The van der Waals surface area contributed by atoms with Gasteiger partial charge in [0.25, 0.3) is 0 Å². The molecule has 0 saturated carbocycles. The van der Waals surface area contributed by atoms with Gasteiger partial charge >= 0.3 is 5.97 Å². The smallest absolute Gasteiger partial charge is 0.303 e. The first-order valence-electron chi connectivity index (χ1n) is 5.69. The maximum atomic E-state index is 11.3. The fourth-order valence-corrected chi connectivity index (χ4v) is 2.15. The summed E-state index contributed by atoms with van der Waals surface area (Å²) in [6.07, 6.45) is 0.661. The standard InChI is InChI=1S/C12H9Cl4N3O2/c1-6(20)21-11(10-7(13)3-2-4-17-10)8-5-9(19-18-8)12(14,15)16/h2-5,11H,1H3,(H,18,19). The Morgan fingerprint density at radius 3 is 2.67 bits per heavy atom. The van der Waals surface area contributed by atoms with Crippen LogP contribution >= 0.6 is 46.4 Å². The Morgan fingerprint density at radius 2 is 2.14 bits per heavy atom. The second-order valence-corrected chi connectivity index (χ2v) is 6.75. The molecule has 0 aliphatic rings. The average molecular weight is 369 g/mol. The summed E-state index contributed by atoms with van der Waals surface area (Å²) in [6.45, 7) is 1.27. The molecule has 0 spiro atoms. The number of carbonyl (C=O) groups excluding carboxylic acids is 1. The first-order chi connectivity index (χ1) is 9.79. The number of hydrogen-bond acceptors (Lipinski definition) is 4. The van der Waals surface area contributed by atoms with E-state index in [0.717, 1.165) is 0 Å². The molecule has 0 aliphatic heterocycles. The highest BCUT2D eigenvalue weighted by atomic mass is 35.6. The minimum atomic E-state index is -1.69. The number of halogens is 4. The molecule has 0 saturated heterocycles. The predicted molar refractivity (Wildman–Crippen MR) is 80.7 cm³/mol. The van der Waals surface area contributed by atoms with Gasteiger partial charge in [0, 0.05) is 13.1 Å². The third-order valence-electron chi connectivity index (χ3n) is 2.49. The molecular weight excluding hydrogens is 360 g/mol. The number of ether oxygens (including phenoxy) is 1. The van der Waals surface area contributed by atoms with Gasteiger partial charge < -0.3 is 4.74 Å². The summed E-state index contributed by atoms with van der Waals surface area (Å²) in [6, 6.07) is 4.77. The Bertz CT molecular complexity index is 654. The molecule has 1 unspecified atom stereocenters. The number of H-pyrrole nitrogens is 1. The zero-order valence-corrected chi connectivity index (χ0v) is 13.6. The van der Waals surface area contributed by atoms with E-state index in [1.165, 1.54) is 19.2 Å². The number of aromatic amines is 1. The average Bonchev–Trinajstić information content (AvgIpc) is 2.86. The van der Waals surface area contributed by atoms with Gasteiger partial charge in [0.05, 0.1) is 10.7 Å². The fourth-order valence-electron chi connectivity index (χ4n) is 1.64. The molecule has 2 aromatic rings. The zero-order chi connectivity index (χ0) is 15.6. The minimum Gasteiger partial charge on any atom is -0.449 e. The molecule has 1 atom stereocenters. The Balaban J connectivity index is 2.44. The van der Waals surface area contributed by atoms with Crippen LogP contribution in [0.1, 0.15) is 30.1 Å². The third-order valence-corrected chi connectivity index (χ3v) is 3.39. The number of alkyl halides is 3. The highest BCUT2D eigenvalue weighted by Gasteiger charge is 2.30. The Labute approximate surface area is 140 Å². The van der Waals surface area contributed by atoms with Crippen molar-refractivity contribution in [2.24, 2.45) is 0 Å². The van der Waals surface area contributed by atoms with Gasteiger partial charge in [-0.15, -0.1) is 0 Å². The van der Waals surface area contributed by atoms with Gasteiger partial charge in [0.2, 0.25) is 3.79 Å². The van der Waals surface area contributed by atoms with Crippen LogP contribution in [-0.4, -0.2) is 21.2 Å². The van der Waals surface area contributed by atoms with Crippen molar-refractivity contribution in [1.29, 1.82) is 0 Å². The lowest BCUT2D eigenvalue weighted by atomic mass is 10.1. The number of nitrogens with one attached hydrogen (secondary N) is 1. The fraction of sp³-hybridized carbons (Fsp3) is 0.250. The van der Waals surface area contributed by atoms with Crippen LogP contribution in [0.3, 0.4) is 0 Å². The number of hydrogen-bond donors (Lipinski definition) is 1. The minimum absolute atomic E-state index is 0.173. The quantitative estimate of drug-likeness (QED) is 0.658. The lowest BCUT2D eigenvalue weighted by Crippen LogP contribution is -2.12. The monoisotopic (exact) mass is 367 g/mol. The van der Waals surface area contributed by atoms with Gasteiger partial charge in [-0.1, -0.05) is 46.4 Å². The predicted octanol–water partition coefficient (Wildman–Crippen LogP) is 3.94. The van der Waals surface area contributed by atoms with Crippen molar-refractivity contribution in [3.63, 3.8) is 0 Å². The summed E-state index contributed by atoms with van der Waals surface area (Å²) < 4.78 is 3.55. The summed E-state index contributed by atoms with van der Waals surface area (Å²) in [5.41, 5.74) is 0.924. The molecule has 2 heterocycles. The number of aromatic nitrogens is 3. The van der Waals surface area contributed by atoms with E-state index in [4.69, 9.17) is 51.1 Å². The van der Waals surface area contributed by atoms with Gasteiger partial charge in [-0.05, 0) is 18.2 Å². The van der Waals surface area contributed by atoms with Crippen LogP contribution in [0.15, 0.2) is 24.4 Å². The van der Waals surface area contributed by atoms with Crippen LogP contribution < -0.4 is 0 Å². The van der Waals surface area contributed by atoms with E-state index in [0.29, 0.717) is 16.4 Å². The number of pyridine rings is 1. The van der Waals surface area contributed by atoms with E-state index in [2.05, 4.69) is 15.2 Å². The molecular formula is C12H9Cl4N3O2. The van der Waals surface area contributed by atoms with E-state index in [9.17, 15) is 4.79 Å². The highest BCUT2D eigenvalue weighted by Crippen LogP contribution is 2.38. The van der Waals surface area contributed by atoms with E-state index >= 15 is 0 Å². The van der Waals surface area contributed by atoms with E-state index in [1.54, 1.807) is 12.1 Å². The molecule has 0 aliphatic carbocycles. The summed E-state index contributed by atoms with van der Waals surface area (Å²) in [4.78, 5) is 15.4. The number of carbonyl (C=O) groups is 1. The molecule has 0 bridgehead atoms. The van der Waals surface area contributed by atoms with Crippen LogP contribution in [0, 0.1) is 0 Å². The van der Waals surface area contributed by atoms with Gasteiger partial charge in [-0.2, -0.15) is 5.10 Å². The number of rotatable bonds is 3. The van der Waals surface area contributed by atoms with Gasteiger partial charge in [-0.3, -0.25) is 14.9 Å². The number of esters is 1. The second-order valence-electron chi connectivity index (χ2n) is 4.07. The SMILES string of the molecule is CC(=O)OC(c1cc(C(Cl)(Cl)Cl)n[nH]1)c1ncccc1Cl. The van der Waals surface area contributed by atoms with E-state index in [-0.39, 0.29) is 5.69 Å². The van der Waals surface area contributed by atoms with Crippen molar-refractivity contribution in [3.05, 3.63) is 46.5 Å². The Hall–Kier alpha value is -1.01. The van der Waals surface area contributed by atoms with E-state index < -0.39 is 15.9 Å². The van der Waals surface area contributed by atoms with Crippen molar-refractivity contribution >= 4 is 52.4 Å². The number of nitrogens with zero attached hydrogens (tertiary/aromatic N) is 2. The molecule has 0 fully saturated rings. The second kappa shape index (κ2) is 6.40. The van der Waals surface area contributed by atoms with Crippen molar-refractivity contribution in [3.8, 4) is 0 Å². The van der Waals surface area contributed by atoms with Crippen LogP contribution in [0.4, 0.5) is 0 Å². The van der Waals surface area contributed by atoms with E-state index in [1.807, 2.05) is 0 Å². The molecule has 1 N–H and O–H groups in total.